The van der Waals surface area contributed by atoms with Gasteiger partial charge in [-0.2, -0.15) is 4.31 Å². The highest BCUT2D eigenvalue weighted by Gasteiger charge is 2.37. The van der Waals surface area contributed by atoms with Gasteiger partial charge in [-0.15, -0.1) is 0 Å². The minimum absolute atomic E-state index is 0.0416. The highest BCUT2D eigenvalue weighted by atomic mass is 32.2. The fourth-order valence-electron chi connectivity index (χ4n) is 3.70. The van der Waals surface area contributed by atoms with Gasteiger partial charge in [0.05, 0.1) is 29.1 Å². The molecule has 0 amide bonds. The van der Waals surface area contributed by atoms with Crippen LogP contribution in [0.25, 0.3) is 22.4 Å². The molecule has 1 fully saturated rings. The molecule has 2 unspecified atom stereocenters. The van der Waals surface area contributed by atoms with E-state index < -0.39 is 21.9 Å². The molecule has 4 rings (SSSR count). The summed E-state index contributed by atoms with van der Waals surface area (Å²) in [7, 11) is -3.87. The van der Waals surface area contributed by atoms with Crippen LogP contribution < -0.4 is 5.73 Å². The molecule has 162 valence electrons. The Labute approximate surface area is 180 Å². The van der Waals surface area contributed by atoms with Crippen LogP contribution in [0.2, 0.25) is 0 Å². The Hall–Kier alpha value is -2.88. The van der Waals surface area contributed by atoms with E-state index in [2.05, 4.69) is 9.97 Å². The second-order valence-corrected chi connectivity index (χ2v) is 9.79. The molecule has 2 heterocycles. The molecule has 9 heteroatoms. The fourth-order valence-corrected chi connectivity index (χ4v) is 5.46. The van der Waals surface area contributed by atoms with Gasteiger partial charge in [0.25, 0.3) is 0 Å². The number of halogens is 1. The lowest BCUT2D eigenvalue weighted by Crippen LogP contribution is -2.30. The third-order valence-electron chi connectivity index (χ3n) is 5.52. The van der Waals surface area contributed by atoms with Crippen molar-refractivity contribution in [2.24, 2.45) is 5.92 Å². The summed E-state index contributed by atoms with van der Waals surface area (Å²) in [5.74, 6) is -0.468. The van der Waals surface area contributed by atoms with E-state index in [4.69, 9.17) is 5.73 Å². The number of hydrogen-bond donors (Lipinski definition) is 2. The Bertz CT molecular complexity index is 1220. The van der Waals surface area contributed by atoms with E-state index in [0.29, 0.717) is 16.8 Å². The van der Waals surface area contributed by atoms with E-state index in [1.165, 1.54) is 28.8 Å². The number of aromatic nitrogens is 2. The summed E-state index contributed by atoms with van der Waals surface area (Å²) < 4.78 is 42.9. The number of rotatable bonds is 4. The lowest BCUT2D eigenvalue weighted by atomic mass is 10.0. The third kappa shape index (κ3) is 4.04. The van der Waals surface area contributed by atoms with Gasteiger partial charge in [0, 0.05) is 24.2 Å². The molecule has 0 spiro atoms. The quantitative estimate of drug-likeness (QED) is 0.643. The van der Waals surface area contributed by atoms with Gasteiger partial charge in [-0.25, -0.2) is 17.8 Å². The SMILES string of the molecule is Cc1ccc(S(=O)(=O)N2CC(C)C(O)C2)c(-c2ccc(-c3cnc(N)cn3)c(F)c2)c1. The molecule has 3 N–H and O–H groups in total. The first kappa shape index (κ1) is 21.4. The van der Waals surface area contributed by atoms with E-state index in [0.717, 1.165) is 5.56 Å². The number of nitrogens with zero attached hydrogens (tertiary/aromatic N) is 3. The van der Waals surface area contributed by atoms with Gasteiger partial charge in [0.2, 0.25) is 10.0 Å². The molecule has 1 aliphatic rings. The zero-order valence-corrected chi connectivity index (χ0v) is 18.0. The van der Waals surface area contributed by atoms with Crippen LogP contribution in [0.3, 0.4) is 0 Å². The van der Waals surface area contributed by atoms with Gasteiger partial charge >= 0.3 is 0 Å². The van der Waals surface area contributed by atoms with Crippen LogP contribution in [0, 0.1) is 18.7 Å². The number of anilines is 1. The van der Waals surface area contributed by atoms with Crippen molar-refractivity contribution in [2.75, 3.05) is 18.8 Å². The standard InChI is InChI=1S/C22H23FN4O3S/c1-13-3-6-21(31(29,30)27-11-14(2)20(28)12-27)17(7-13)15-4-5-16(18(23)8-15)19-9-26-22(24)10-25-19/h3-10,14,20,28H,11-12H2,1-2H3,(H2,24,26). The van der Waals surface area contributed by atoms with Crippen molar-refractivity contribution in [2.45, 2.75) is 24.8 Å². The van der Waals surface area contributed by atoms with Gasteiger partial charge in [-0.1, -0.05) is 30.7 Å². The molecule has 2 aromatic carbocycles. The second-order valence-electron chi connectivity index (χ2n) is 7.89. The summed E-state index contributed by atoms with van der Waals surface area (Å²) in [4.78, 5) is 8.11. The van der Waals surface area contributed by atoms with Gasteiger partial charge in [0.1, 0.15) is 11.6 Å². The maximum Gasteiger partial charge on any atom is 0.243 e. The summed E-state index contributed by atoms with van der Waals surface area (Å²) in [6, 6.07) is 9.47. The van der Waals surface area contributed by atoms with Crippen molar-refractivity contribution in [3.63, 3.8) is 0 Å². The Balaban J connectivity index is 1.78. The number of nitrogen functional groups attached to an aromatic ring is 1. The van der Waals surface area contributed by atoms with E-state index in [-0.39, 0.29) is 35.3 Å². The second kappa shape index (κ2) is 7.99. The Kier molecular flexibility index (Phi) is 5.50. The molecule has 31 heavy (non-hydrogen) atoms. The molecule has 1 aromatic heterocycles. The number of β-amino-alcohol motifs (C(OH)–C–C–N with tert-alkyl or cyclic N) is 1. The molecule has 7 nitrogen and oxygen atoms in total. The number of hydrogen-bond acceptors (Lipinski definition) is 6. The van der Waals surface area contributed by atoms with Crippen molar-refractivity contribution < 1.29 is 17.9 Å². The van der Waals surface area contributed by atoms with Crippen LogP contribution >= 0.6 is 0 Å². The molecular formula is C22H23FN4O3S. The zero-order valence-electron chi connectivity index (χ0n) is 17.2. The summed E-state index contributed by atoms with van der Waals surface area (Å²) >= 11 is 0. The third-order valence-corrected chi connectivity index (χ3v) is 7.41. The van der Waals surface area contributed by atoms with Crippen LogP contribution in [0.1, 0.15) is 12.5 Å². The number of nitrogens with two attached hydrogens (primary N) is 1. The summed E-state index contributed by atoms with van der Waals surface area (Å²) in [6.45, 7) is 3.93. The first-order valence-electron chi connectivity index (χ1n) is 9.83. The fraction of sp³-hybridized carbons (Fsp3) is 0.273. The maximum absolute atomic E-state index is 15.0. The van der Waals surface area contributed by atoms with Crippen molar-refractivity contribution in [1.29, 1.82) is 0 Å². The maximum atomic E-state index is 15.0. The zero-order chi connectivity index (χ0) is 22.3. The molecule has 0 bridgehead atoms. The lowest BCUT2D eigenvalue weighted by Gasteiger charge is -2.19. The number of aliphatic hydroxyl groups is 1. The van der Waals surface area contributed by atoms with Crippen molar-refractivity contribution in [3.8, 4) is 22.4 Å². The van der Waals surface area contributed by atoms with Crippen molar-refractivity contribution in [3.05, 3.63) is 60.2 Å². The monoisotopic (exact) mass is 442 g/mol. The first-order valence-corrected chi connectivity index (χ1v) is 11.3. The molecule has 3 aromatic rings. The lowest BCUT2D eigenvalue weighted by molar-refractivity contribution is 0.153. The highest BCUT2D eigenvalue weighted by Crippen LogP contribution is 2.34. The average Bonchev–Trinajstić information content (AvgIpc) is 3.08. The topological polar surface area (TPSA) is 109 Å². The van der Waals surface area contributed by atoms with Gasteiger partial charge in [-0.05, 0) is 36.6 Å². The first-order chi connectivity index (χ1) is 14.7. The summed E-state index contributed by atoms with van der Waals surface area (Å²) in [5.41, 5.74) is 7.79. The molecule has 1 saturated heterocycles. The number of aliphatic hydroxyl groups excluding tert-OH is 1. The molecule has 0 saturated carbocycles. The van der Waals surface area contributed by atoms with Crippen LogP contribution in [0.15, 0.2) is 53.7 Å². The average molecular weight is 443 g/mol. The summed E-state index contributed by atoms with van der Waals surface area (Å²) in [5, 5.41) is 10.0. The highest BCUT2D eigenvalue weighted by molar-refractivity contribution is 7.89. The molecule has 0 radical (unpaired) electrons. The number of aryl methyl sites for hydroxylation is 1. The van der Waals surface area contributed by atoms with Crippen molar-refractivity contribution in [1.82, 2.24) is 14.3 Å². The summed E-state index contributed by atoms with van der Waals surface area (Å²) in [6.07, 6.45) is 2.02. The minimum atomic E-state index is -3.87. The Morgan fingerprint density at radius 1 is 1.10 bits per heavy atom. The van der Waals surface area contributed by atoms with Gasteiger partial charge < -0.3 is 10.8 Å². The molecular weight excluding hydrogens is 419 g/mol. The number of benzene rings is 2. The van der Waals surface area contributed by atoms with Crippen molar-refractivity contribution >= 4 is 15.8 Å². The Morgan fingerprint density at radius 2 is 1.87 bits per heavy atom. The van der Waals surface area contributed by atoms with Crippen LogP contribution in [0.4, 0.5) is 10.2 Å². The van der Waals surface area contributed by atoms with E-state index >= 15 is 0 Å². The molecule has 0 aliphatic carbocycles. The minimum Gasteiger partial charge on any atom is -0.391 e. The molecule has 1 aliphatic heterocycles. The van der Waals surface area contributed by atoms with Crippen LogP contribution in [0.5, 0.6) is 0 Å². The van der Waals surface area contributed by atoms with E-state index in [9.17, 15) is 17.9 Å². The largest absolute Gasteiger partial charge is 0.391 e. The smallest absolute Gasteiger partial charge is 0.243 e. The van der Waals surface area contributed by atoms with E-state index in [1.54, 1.807) is 24.3 Å². The van der Waals surface area contributed by atoms with Crippen LogP contribution in [-0.2, 0) is 10.0 Å². The Morgan fingerprint density at radius 3 is 2.48 bits per heavy atom. The van der Waals surface area contributed by atoms with E-state index in [1.807, 2.05) is 13.8 Å². The number of sulfonamides is 1. The van der Waals surface area contributed by atoms with Gasteiger partial charge in [-0.3, -0.25) is 4.98 Å². The predicted octanol–water partition coefficient (Wildman–Crippen LogP) is 2.84. The normalized spacial score (nSPS) is 19.6. The van der Waals surface area contributed by atoms with Crippen LogP contribution in [-0.4, -0.2) is 47.0 Å². The predicted molar refractivity (Wildman–Crippen MR) is 116 cm³/mol. The van der Waals surface area contributed by atoms with Gasteiger partial charge in [0.15, 0.2) is 0 Å². The molecule has 2 atom stereocenters.